The van der Waals surface area contributed by atoms with E-state index >= 15 is 0 Å². The molecule has 6 rings (SSSR count). The van der Waals surface area contributed by atoms with Crippen molar-refractivity contribution < 1.29 is 19.1 Å². The van der Waals surface area contributed by atoms with Gasteiger partial charge in [0.05, 0.1) is 5.52 Å². The number of hydrogen-bond acceptors (Lipinski definition) is 8. The summed E-state index contributed by atoms with van der Waals surface area (Å²) in [4.78, 5) is 34.6. The lowest BCUT2D eigenvalue weighted by Crippen LogP contribution is -2.63. The Bertz CT molecular complexity index is 1550. The standard InChI is InChI=1S/C42H63ClN4O4/c1-26(10-9-20-47(8)21-19-45-36-16-18-44-37-24-30(43)11-12-32(36)37)33-13-14-34-40-35(25-39(42(33,34)5)51-28(3)49)41(4)17-15-31(46(6)7)22-29(41)23-38(40)50-27(2)48/h11-12,16,18,24,26,29,31,33-35,38-40H,9-10,13-15,17,19-23,25H2,1-8H3,(H,44,45)/t26-,29+,31-,33-,34+,35+,38-,39+,40+,41+,42-/m1/s1. The lowest BCUT2D eigenvalue weighted by Gasteiger charge is -2.64. The van der Waals surface area contributed by atoms with Gasteiger partial charge >= 0.3 is 11.9 Å². The highest BCUT2D eigenvalue weighted by Gasteiger charge is 2.67. The first-order valence-corrected chi connectivity index (χ1v) is 20.1. The summed E-state index contributed by atoms with van der Waals surface area (Å²) in [7, 11) is 6.60. The minimum atomic E-state index is -0.166. The number of likely N-dealkylation sites (N-methyl/N-ethyl adjacent to an activating group) is 1. The Hall–Kier alpha value is -2.42. The topological polar surface area (TPSA) is 84.0 Å². The molecule has 1 aromatic heterocycles. The minimum Gasteiger partial charge on any atom is -0.462 e. The number of nitrogens with zero attached hydrogens (tertiary/aromatic N) is 3. The van der Waals surface area contributed by atoms with Gasteiger partial charge in [-0.3, -0.25) is 14.6 Å². The van der Waals surface area contributed by atoms with E-state index < -0.39 is 0 Å². The zero-order valence-electron chi connectivity index (χ0n) is 32.4. The van der Waals surface area contributed by atoms with Crippen molar-refractivity contribution in [1.82, 2.24) is 14.8 Å². The maximum atomic E-state index is 12.8. The van der Waals surface area contributed by atoms with Gasteiger partial charge < -0.3 is 24.6 Å². The zero-order chi connectivity index (χ0) is 36.7. The number of nitrogens with one attached hydrogen (secondary N) is 1. The summed E-state index contributed by atoms with van der Waals surface area (Å²) in [5.74, 6) is 2.20. The summed E-state index contributed by atoms with van der Waals surface area (Å²) in [6.07, 6.45) is 11.5. The number of ether oxygens (including phenoxy) is 2. The number of rotatable bonds is 12. The van der Waals surface area contributed by atoms with Crippen LogP contribution < -0.4 is 5.32 Å². The van der Waals surface area contributed by atoms with Gasteiger partial charge in [-0.05, 0) is 145 Å². The van der Waals surface area contributed by atoms with Crippen LogP contribution in [-0.2, 0) is 19.1 Å². The molecular weight excluding hydrogens is 660 g/mol. The van der Waals surface area contributed by atoms with Crippen molar-refractivity contribution in [2.75, 3.05) is 46.1 Å². The third kappa shape index (κ3) is 7.66. The van der Waals surface area contributed by atoms with Crippen molar-refractivity contribution in [3.05, 3.63) is 35.5 Å². The van der Waals surface area contributed by atoms with Crippen LogP contribution in [0.25, 0.3) is 10.9 Å². The first-order valence-electron chi connectivity index (χ1n) is 19.7. The monoisotopic (exact) mass is 722 g/mol. The first kappa shape index (κ1) is 38.3. The van der Waals surface area contributed by atoms with Gasteiger partial charge in [0, 0.05) is 66.6 Å². The molecule has 8 nitrogen and oxygen atoms in total. The van der Waals surface area contributed by atoms with E-state index in [4.69, 9.17) is 21.1 Å². The number of halogens is 1. The molecule has 51 heavy (non-hydrogen) atoms. The smallest absolute Gasteiger partial charge is 0.302 e. The Kier molecular flexibility index (Phi) is 11.7. The number of hydrogen-bond donors (Lipinski definition) is 1. The molecule has 0 radical (unpaired) electrons. The zero-order valence-corrected chi connectivity index (χ0v) is 33.2. The predicted molar refractivity (Wildman–Crippen MR) is 206 cm³/mol. The third-order valence-electron chi connectivity index (χ3n) is 14.5. The Morgan fingerprint density at radius 1 is 1.00 bits per heavy atom. The molecule has 0 spiro atoms. The molecule has 11 atom stereocenters. The molecule has 0 aliphatic heterocycles. The van der Waals surface area contributed by atoms with Gasteiger partial charge in [-0.25, -0.2) is 0 Å². The normalized spacial score (nSPS) is 35.2. The van der Waals surface area contributed by atoms with Crippen LogP contribution in [0.1, 0.15) is 92.4 Å². The van der Waals surface area contributed by atoms with Crippen LogP contribution in [0.4, 0.5) is 5.69 Å². The number of aromatic nitrogens is 1. The van der Waals surface area contributed by atoms with Gasteiger partial charge in [-0.1, -0.05) is 32.4 Å². The second-order valence-electron chi connectivity index (χ2n) is 17.5. The number of benzene rings is 1. The molecule has 1 heterocycles. The van der Waals surface area contributed by atoms with Crippen LogP contribution in [0.15, 0.2) is 30.5 Å². The highest BCUT2D eigenvalue weighted by atomic mass is 35.5. The van der Waals surface area contributed by atoms with Crippen molar-refractivity contribution >= 4 is 40.1 Å². The first-order chi connectivity index (χ1) is 24.2. The Labute approximate surface area is 311 Å². The Morgan fingerprint density at radius 3 is 2.49 bits per heavy atom. The fraction of sp³-hybridized carbons (Fsp3) is 0.738. The lowest BCUT2D eigenvalue weighted by atomic mass is 9.43. The molecule has 0 unspecified atom stereocenters. The van der Waals surface area contributed by atoms with Crippen molar-refractivity contribution in [2.45, 2.75) is 111 Å². The molecule has 2 aromatic rings. The second-order valence-corrected chi connectivity index (χ2v) is 18.0. The summed E-state index contributed by atoms with van der Waals surface area (Å²) in [5, 5.41) is 5.39. The van der Waals surface area contributed by atoms with Crippen LogP contribution in [-0.4, -0.2) is 85.7 Å². The molecule has 4 fully saturated rings. The van der Waals surface area contributed by atoms with E-state index in [-0.39, 0.29) is 35.0 Å². The minimum absolute atomic E-state index is 0.0617. The van der Waals surface area contributed by atoms with Gasteiger partial charge in [0.15, 0.2) is 0 Å². The molecule has 4 aliphatic rings. The van der Waals surface area contributed by atoms with Gasteiger partial charge in [-0.2, -0.15) is 0 Å². The highest BCUT2D eigenvalue weighted by Crippen LogP contribution is 2.69. The van der Waals surface area contributed by atoms with Crippen LogP contribution >= 0.6 is 11.6 Å². The Morgan fingerprint density at radius 2 is 1.76 bits per heavy atom. The fourth-order valence-electron chi connectivity index (χ4n) is 11.9. The molecule has 1 N–H and O–H groups in total. The quantitative estimate of drug-likeness (QED) is 0.219. The molecule has 0 bridgehead atoms. The van der Waals surface area contributed by atoms with E-state index in [1.54, 1.807) is 13.8 Å². The molecule has 4 saturated carbocycles. The lowest BCUT2D eigenvalue weighted by molar-refractivity contribution is -0.222. The maximum Gasteiger partial charge on any atom is 0.302 e. The Balaban J connectivity index is 1.12. The van der Waals surface area contributed by atoms with E-state index in [1.807, 2.05) is 30.5 Å². The van der Waals surface area contributed by atoms with Gasteiger partial charge in [0.2, 0.25) is 0 Å². The highest BCUT2D eigenvalue weighted by molar-refractivity contribution is 6.31. The van der Waals surface area contributed by atoms with Crippen LogP contribution in [0, 0.1) is 46.3 Å². The third-order valence-corrected chi connectivity index (χ3v) is 14.8. The molecule has 0 amide bonds. The number of carbonyl (C=O) groups excluding carboxylic acids is 2. The molecule has 0 saturated heterocycles. The summed E-state index contributed by atoms with van der Waals surface area (Å²) < 4.78 is 12.7. The average molecular weight is 723 g/mol. The molecule has 9 heteroatoms. The van der Waals surface area contributed by atoms with Crippen LogP contribution in [0.3, 0.4) is 0 Å². The molecule has 4 aliphatic carbocycles. The number of carbonyl (C=O) groups is 2. The molecular formula is C42H63ClN4O4. The summed E-state index contributed by atoms with van der Waals surface area (Å²) >= 11 is 6.18. The van der Waals surface area contributed by atoms with Gasteiger partial charge in [0.1, 0.15) is 12.2 Å². The SMILES string of the molecule is CC(=O)O[C@H]1C[C@H]2[C@@H]([C@H](OC(C)=O)C[C@@H]3C[C@H](N(C)C)CC[C@@]32C)[C@@H]2CC[C@H]([C@H](C)CCCN(C)CCNc3ccnc4cc(Cl)ccc34)[C@@]12C. The van der Waals surface area contributed by atoms with Crippen molar-refractivity contribution in [2.24, 2.45) is 46.3 Å². The largest absolute Gasteiger partial charge is 0.462 e. The van der Waals surface area contributed by atoms with Gasteiger partial charge in [-0.15, -0.1) is 0 Å². The number of fused-ring (bicyclic) bond motifs is 6. The van der Waals surface area contributed by atoms with Crippen LogP contribution in [0.5, 0.6) is 0 Å². The van der Waals surface area contributed by atoms with Crippen molar-refractivity contribution in [3.63, 3.8) is 0 Å². The number of esters is 2. The fourth-order valence-corrected chi connectivity index (χ4v) is 12.1. The summed E-state index contributed by atoms with van der Waals surface area (Å²) in [6, 6.07) is 8.44. The average Bonchev–Trinajstić information content (AvgIpc) is 3.42. The van der Waals surface area contributed by atoms with E-state index in [0.717, 1.165) is 81.2 Å². The van der Waals surface area contributed by atoms with E-state index in [2.05, 4.69) is 62.0 Å². The predicted octanol–water partition coefficient (Wildman–Crippen LogP) is 8.32. The second kappa shape index (κ2) is 15.5. The number of pyridine rings is 1. The van der Waals surface area contributed by atoms with Crippen molar-refractivity contribution in [1.29, 1.82) is 0 Å². The van der Waals surface area contributed by atoms with Gasteiger partial charge in [0.25, 0.3) is 0 Å². The molecule has 282 valence electrons. The summed E-state index contributed by atoms with van der Waals surface area (Å²) in [6.45, 7) is 13.4. The van der Waals surface area contributed by atoms with Crippen LogP contribution in [0.2, 0.25) is 5.02 Å². The van der Waals surface area contributed by atoms with E-state index in [9.17, 15) is 9.59 Å². The summed E-state index contributed by atoms with van der Waals surface area (Å²) in [5.41, 5.74) is 2.01. The van der Waals surface area contributed by atoms with E-state index in [1.165, 1.54) is 12.8 Å². The number of anilines is 1. The van der Waals surface area contributed by atoms with Crippen molar-refractivity contribution in [3.8, 4) is 0 Å². The van der Waals surface area contributed by atoms with E-state index in [0.29, 0.717) is 46.6 Å². The molecule has 1 aromatic carbocycles. The maximum absolute atomic E-state index is 12.8.